The lowest BCUT2D eigenvalue weighted by Crippen LogP contribution is -2.07. The molecule has 14 heavy (non-hydrogen) atoms. The maximum atomic E-state index is 4.36. The number of hydrogen-bond donors (Lipinski definition) is 0. The lowest BCUT2D eigenvalue weighted by atomic mass is 9.91. The summed E-state index contributed by atoms with van der Waals surface area (Å²) in [7, 11) is 0. The van der Waals surface area contributed by atoms with Crippen LogP contribution in [0.25, 0.3) is 0 Å². The van der Waals surface area contributed by atoms with Gasteiger partial charge in [-0.15, -0.1) is 0 Å². The second-order valence-corrected chi connectivity index (χ2v) is 4.24. The molecule has 78 valence electrons. The highest BCUT2D eigenvalue weighted by atomic mass is 14.7. The van der Waals surface area contributed by atoms with Crippen LogP contribution in [0.5, 0.6) is 0 Å². The quantitative estimate of drug-likeness (QED) is 0.469. The summed E-state index contributed by atoms with van der Waals surface area (Å²) < 4.78 is 0. The minimum Gasteiger partial charge on any atom is -0.265 e. The lowest BCUT2D eigenvalue weighted by molar-refractivity contribution is 0.498. The highest BCUT2D eigenvalue weighted by Crippen LogP contribution is 2.27. The van der Waals surface area contributed by atoms with E-state index in [1.165, 1.54) is 0 Å². The van der Waals surface area contributed by atoms with Crippen LogP contribution >= 0.6 is 0 Å². The molecule has 0 aromatic heterocycles. The molecular weight excluding hydrogens is 170 g/mol. The third-order valence-corrected chi connectivity index (χ3v) is 1.74. The van der Waals surface area contributed by atoms with E-state index in [1.807, 2.05) is 38.3 Å². The zero-order chi connectivity index (χ0) is 11.2. The van der Waals surface area contributed by atoms with E-state index in [0.29, 0.717) is 0 Å². The van der Waals surface area contributed by atoms with Gasteiger partial charge < -0.3 is 0 Å². The van der Waals surface area contributed by atoms with Crippen molar-refractivity contribution in [3.63, 3.8) is 0 Å². The second kappa shape index (κ2) is 5.58. The van der Waals surface area contributed by atoms with Crippen molar-refractivity contribution in [1.82, 2.24) is 0 Å². The van der Waals surface area contributed by atoms with Gasteiger partial charge in [0, 0.05) is 17.3 Å². The van der Waals surface area contributed by atoms with Crippen LogP contribution in [0.3, 0.4) is 0 Å². The number of nitrogens with zero attached hydrogens (tertiary/aromatic N) is 1. The zero-order valence-electron chi connectivity index (χ0n) is 9.96. The van der Waals surface area contributed by atoms with Crippen molar-refractivity contribution >= 4 is 6.21 Å². The summed E-state index contributed by atoms with van der Waals surface area (Å²) in [6, 6.07) is 0. The summed E-state index contributed by atoms with van der Waals surface area (Å²) in [5.74, 6) is 0. The Morgan fingerprint density at radius 1 is 1.21 bits per heavy atom. The fraction of sp³-hybridized carbons (Fsp3) is 0.462. The third kappa shape index (κ3) is 4.80. The van der Waals surface area contributed by atoms with Crippen LogP contribution in [0.4, 0.5) is 0 Å². The summed E-state index contributed by atoms with van der Waals surface area (Å²) in [6.45, 7) is 14.3. The van der Waals surface area contributed by atoms with Gasteiger partial charge in [-0.1, -0.05) is 39.5 Å². The predicted molar refractivity (Wildman–Crippen MR) is 65.7 cm³/mol. The van der Waals surface area contributed by atoms with Gasteiger partial charge in [0.1, 0.15) is 0 Å². The molecule has 0 rings (SSSR count). The molecule has 0 heterocycles. The van der Waals surface area contributed by atoms with Crippen LogP contribution in [-0.2, 0) is 0 Å². The predicted octanol–water partition coefficient (Wildman–Crippen LogP) is 4.14. The van der Waals surface area contributed by atoms with E-state index in [0.717, 1.165) is 11.3 Å². The van der Waals surface area contributed by atoms with Crippen molar-refractivity contribution in [1.29, 1.82) is 0 Å². The zero-order valence-corrected chi connectivity index (χ0v) is 9.96. The molecular formula is C13H21N. The first kappa shape index (κ1) is 12.9. The van der Waals surface area contributed by atoms with Gasteiger partial charge in [0.2, 0.25) is 0 Å². The highest BCUT2D eigenvalue weighted by Gasteiger charge is 2.15. The SMILES string of the molecule is C=C(/C=C(\N=CC)C(C)(C)C)/C=C/C. The maximum absolute atomic E-state index is 4.36. The van der Waals surface area contributed by atoms with Gasteiger partial charge in [-0.05, 0) is 25.5 Å². The fourth-order valence-electron chi connectivity index (χ4n) is 1.02. The molecule has 1 heteroatoms. The van der Waals surface area contributed by atoms with E-state index in [-0.39, 0.29) is 5.41 Å². The molecule has 0 bridgehead atoms. The first-order valence-corrected chi connectivity index (χ1v) is 4.94. The molecule has 0 aromatic carbocycles. The Balaban J connectivity index is 4.92. The van der Waals surface area contributed by atoms with Crippen LogP contribution < -0.4 is 0 Å². The van der Waals surface area contributed by atoms with Gasteiger partial charge in [0.05, 0.1) is 0 Å². The van der Waals surface area contributed by atoms with E-state index >= 15 is 0 Å². The van der Waals surface area contributed by atoms with Crippen molar-refractivity contribution in [3.05, 3.63) is 36.1 Å². The number of hydrogen-bond acceptors (Lipinski definition) is 1. The molecule has 0 unspecified atom stereocenters. The number of allylic oxidation sites excluding steroid dienone is 5. The topological polar surface area (TPSA) is 12.4 Å². The van der Waals surface area contributed by atoms with E-state index in [9.17, 15) is 0 Å². The normalized spacial score (nSPS) is 14.2. The first-order chi connectivity index (χ1) is 6.41. The van der Waals surface area contributed by atoms with Crippen molar-refractivity contribution in [2.24, 2.45) is 10.4 Å². The standard InChI is InChI=1S/C13H21N/c1-7-9-11(3)10-12(14-8-2)13(4,5)6/h7-10H,3H2,1-2,4-6H3/b9-7+,12-10-,14-8?. The Morgan fingerprint density at radius 2 is 1.79 bits per heavy atom. The van der Waals surface area contributed by atoms with Gasteiger partial charge in [-0.2, -0.15) is 0 Å². The van der Waals surface area contributed by atoms with Gasteiger partial charge in [-0.25, -0.2) is 0 Å². The fourth-order valence-corrected chi connectivity index (χ4v) is 1.02. The van der Waals surface area contributed by atoms with E-state index in [2.05, 4.69) is 32.3 Å². The minimum absolute atomic E-state index is 0.0665. The minimum atomic E-state index is 0.0665. The molecule has 0 amide bonds. The smallest absolute Gasteiger partial charge is 0.0458 e. The molecule has 0 fully saturated rings. The highest BCUT2D eigenvalue weighted by molar-refractivity contribution is 5.56. The van der Waals surface area contributed by atoms with Crippen molar-refractivity contribution < 1.29 is 0 Å². The molecule has 0 radical (unpaired) electrons. The van der Waals surface area contributed by atoms with Crippen LogP contribution in [-0.4, -0.2) is 6.21 Å². The Labute approximate surface area is 87.9 Å². The summed E-state index contributed by atoms with van der Waals surface area (Å²) in [5, 5.41) is 0. The van der Waals surface area contributed by atoms with Gasteiger partial charge in [0.15, 0.2) is 0 Å². The molecule has 0 aliphatic rings. The molecule has 0 aliphatic heterocycles. The monoisotopic (exact) mass is 191 g/mol. The average molecular weight is 191 g/mol. The first-order valence-electron chi connectivity index (χ1n) is 4.94. The molecule has 0 aliphatic carbocycles. The number of rotatable bonds is 3. The van der Waals surface area contributed by atoms with E-state index in [1.54, 1.807) is 0 Å². The van der Waals surface area contributed by atoms with Crippen LogP contribution in [0.2, 0.25) is 0 Å². The Kier molecular flexibility index (Phi) is 5.14. The summed E-state index contributed by atoms with van der Waals surface area (Å²) in [6.07, 6.45) is 7.81. The van der Waals surface area contributed by atoms with Crippen molar-refractivity contribution in [3.8, 4) is 0 Å². The maximum Gasteiger partial charge on any atom is 0.0458 e. The van der Waals surface area contributed by atoms with Gasteiger partial charge in [0.25, 0.3) is 0 Å². The van der Waals surface area contributed by atoms with Crippen molar-refractivity contribution in [2.75, 3.05) is 0 Å². The van der Waals surface area contributed by atoms with Crippen LogP contribution in [0.1, 0.15) is 34.6 Å². The molecule has 0 aromatic rings. The second-order valence-electron chi connectivity index (χ2n) is 4.24. The van der Waals surface area contributed by atoms with E-state index < -0.39 is 0 Å². The van der Waals surface area contributed by atoms with Crippen LogP contribution in [0, 0.1) is 5.41 Å². The Bertz CT molecular complexity index is 272. The molecule has 0 saturated carbocycles. The van der Waals surface area contributed by atoms with E-state index in [4.69, 9.17) is 0 Å². The van der Waals surface area contributed by atoms with Crippen LogP contribution in [0.15, 0.2) is 41.1 Å². The number of aliphatic imine (C=N–C) groups is 1. The summed E-state index contributed by atoms with van der Waals surface area (Å²) in [5.41, 5.74) is 2.11. The van der Waals surface area contributed by atoms with Gasteiger partial charge >= 0.3 is 0 Å². The summed E-state index contributed by atoms with van der Waals surface area (Å²) >= 11 is 0. The molecule has 0 spiro atoms. The summed E-state index contributed by atoms with van der Waals surface area (Å²) in [4.78, 5) is 4.36. The lowest BCUT2D eigenvalue weighted by Gasteiger charge is -2.19. The largest absolute Gasteiger partial charge is 0.265 e. The van der Waals surface area contributed by atoms with Gasteiger partial charge in [-0.3, -0.25) is 4.99 Å². The molecule has 1 nitrogen and oxygen atoms in total. The molecule has 0 atom stereocenters. The third-order valence-electron chi connectivity index (χ3n) is 1.74. The molecule has 0 N–H and O–H groups in total. The van der Waals surface area contributed by atoms with Crippen molar-refractivity contribution in [2.45, 2.75) is 34.6 Å². The average Bonchev–Trinajstić information content (AvgIpc) is 2.02. The Morgan fingerprint density at radius 3 is 2.14 bits per heavy atom. The Hall–Kier alpha value is -1.11. The molecule has 0 saturated heterocycles.